The number of hydrogen-bond donors (Lipinski definition) is 2. The quantitative estimate of drug-likeness (QED) is 0.828. The molecular weight excluding hydrogens is 226 g/mol. The van der Waals surface area contributed by atoms with E-state index in [1.54, 1.807) is 0 Å². The predicted molar refractivity (Wildman–Crippen MR) is 65.3 cm³/mol. The Balaban J connectivity index is 2.83. The van der Waals surface area contributed by atoms with Crippen LogP contribution in [0.1, 0.15) is 6.92 Å². The Morgan fingerprint density at radius 1 is 1.29 bits per heavy atom. The summed E-state index contributed by atoms with van der Waals surface area (Å²) >= 11 is 0. The molecule has 4 nitrogen and oxygen atoms in total. The van der Waals surface area contributed by atoms with Crippen LogP contribution in [0.4, 0.5) is 20.4 Å². The molecule has 0 aliphatic carbocycles. The fourth-order valence-corrected chi connectivity index (χ4v) is 1.57. The molecule has 0 spiro atoms. The highest BCUT2D eigenvalue weighted by Crippen LogP contribution is 2.19. The second-order valence-corrected chi connectivity index (χ2v) is 4.21. The highest BCUT2D eigenvalue weighted by molar-refractivity contribution is 5.47. The maximum atomic E-state index is 13.5. The fraction of sp³-hybridized carbons (Fsp3) is 0.545. The summed E-state index contributed by atoms with van der Waals surface area (Å²) < 4.78 is 26.6. The van der Waals surface area contributed by atoms with Gasteiger partial charge in [0.2, 0.25) is 0 Å². The zero-order valence-corrected chi connectivity index (χ0v) is 10.5. The number of pyridine rings is 1. The minimum Gasteiger partial charge on any atom is -0.371 e. The molecule has 0 bridgehead atoms. The van der Waals surface area contributed by atoms with Gasteiger partial charge in [-0.3, -0.25) is 0 Å². The molecule has 1 heterocycles. The molecule has 1 rings (SSSR count). The van der Waals surface area contributed by atoms with Gasteiger partial charge in [-0.05, 0) is 21.0 Å². The van der Waals surface area contributed by atoms with E-state index in [0.29, 0.717) is 0 Å². The van der Waals surface area contributed by atoms with Crippen molar-refractivity contribution in [3.05, 3.63) is 17.7 Å². The van der Waals surface area contributed by atoms with E-state index in [2.05, 4.69) is 15.6 Å². The lowest BCUT2D eigenvalue weighted by Gasteiger charge is -2.19. The van der Waals surface area contributed by atoms with E-state index >= 15 is 0 Å². The molecule has 0 saturated carbocycles. The second-order valence-electron chi connectivity index (χ2n) is 4.21. The average Bonchev–Trinajstić information content (AvgIpc) is 2.20. The number of likely N-dealkylation sites (N-methyl/N-ethyl adjacent to an activating group) is 1. The Morgan fingerprint density at radius 3 is 2.41 bits per heavy atom. The molecule has 0 aromatic carbocycles. The van der Waals surface area contributed by atoms with Crippen molar-refractivity contribution in [3.63, 3.8) is 0 Å². The lowest BCUT2D eigenvalue weighted by atomic mass is 10.3. The molecule has 0 aliphatic rings. The molecular formula is C11H18F2N4. The molecule has 1 atom stereocenters. The van der Waals surface area contributed by atoms with Crippen LogP contribution in [0.3, 0.4) is 0 Å². The van der Waals surface area contributed by atoms with Gasteiger partial charge in [0.15, 0.2) is 23.3 Å². The van der Waals surface area contributed by atoms with Crippen molar-refractivity contribution in [1.29, 1.82) is 0 Å². The van der Waals surface area contributed by atoms with E-state index in [1.807, 2.05) is 25.9 Å². The molecule has 0 radical (unpaired) electrons. The van der Waals surface area contributed by atoms with Gasteiger partial charge < -0.3 is 15.5 Å². The van der Waals surface area contributed by atoms with Crippen LogP contribution in [0.15, 0.2) is 6.07 Å². The Hall–Kier alpha value is -1.43. The molecule has 0 amide bonds. The van der Waals surface area contributed by atoms with Crippen LogP contribution in [0.25, 0.3) is 0 Å². The lowest BCUT2D eigenvalue weighted by molar-refractivity contribution is 0.391. The Morgan fingerprint density at radius 2 is 1.88 bits per heavy atom. The minimum absolute atomic E-state index is 0.0159. The van der Waals surface area contributed by atoms with Crippen molar-refractivity contribution < 1.29 is 8.78 Å². The number of hydrogen-bond acceptors (Lipinski definition) is 4. The van der Waals surface area contributed by atoms with Crippen LogP contribution in [0, 0.1) is 11.6 Å². The van der Waals surface area contributed by atoms with Gasteiger partial charge in [-0.25, -0.2) is 13.8 Å². The van der Waals surface area contributed by atoms with Crippen molar-refractivity contribution in [3.8, 4) is 0 Å². The van der Waals surface area contributed by atoms with Gasteiger partial charge in [0.05, 0.1) is 0 Å². The Bertz CT molecular complexity index is 382. The third kappa shape index (κ3) is 3.81. The monoisotopic (exact) mass is 244 g/mol. The van der Waals surface area contributed by atoms with Crippen LogP contribution in [-0.2, 0) is 0 Å². The standard InChI is InChI=1S/C11H18F2N4/c1-7(6-17(3)4)15-11-9(13)5-8(12)10(14-2)16-11/h5,7H,6H2,1-4H3,(H2,14,15,16). The molecule has 17 heavy (non-hydrogen) atoms. The van der Waals surface area contributed by atoms with E-state index in [9.17, 15) is 8.78 Å². The first-order chi connectivity index (χ1) is 7.93. The maximum absolute atomic E-state index is 13.5. The number of nitrogens with zero attached hydrogens (tertiary/aromatic N) is 2. The van der Waals surface area contributed by atoms with E-state index in [1.165, 1.54) is 7.05 Å². The second kappa shape index (κ2) is 5.77. The summed E-state index contributed by atoms with van der Waals surface area (Å²) in [5.41, 5.74) is 0. The van der Waals surface area contributed by atoms with Gasteiger partial charge in [0.25, 0.3) is 0 Å². The summed E-state index contributed by atoms with van der Waals surface area (Å²) in [5.74, 6) is -1.29. The molecule has 1 aromatic heterocycles. The third-order valence-corrected chi connectivity index (χ3v) is 2.19. The van der Waals surface area contributed by atoms with Crippen LogP contribution in [0.2, 0.25) is 0 Å². The Kier molecular flexibility index (Phi) is 4.62. The van der Waals surface area contributed by atoms with E-state index in [4.69, 9.17) is 0 Å². The minimum atomic E-state index is -0.698. The van der Waals surface area contributed by atoms with Crippen molar-refractivity contribution in [2.24, 2.45) is 0 Å². The summed E-state index contributed by atoms with van der Waals surface area (Å²) in [5, 5.41) is 5.48. The fourth-order valence-electron chi connectivity index (χ4n) is 1.57. The topological polar surface area (TPSA) is 40.2 Å². The maximum Gasteiger partial charge on any atom is 0.168 e. The third-order valence-electron chi connectivity index (χ3n) is 2.19. The van der Waals surface area contributed by atoms with Crippen molar-refractivity contribution in [1.82, 2.24) is 9.88 Å². The van der Waals surface area contributed by atoms with Crippen molar-refractivity contribution >= 4 is 11.6 Å². The first kappa shape index (κ1) is 13.6. The van der Waals surface area contributed by atoms with E-state index < -0.39 is 11.6 Å². The van der Waals surface area contributed by atoms with Crippen LogP contribution < -0.4 is 10.6 Å². The van der Waals surface area contributed by atoms with Gasteiger partial charge >= 0.3 is 0 Å². The summed E-state index contributed by atoms with van der Waals surface area (Å²) in [7, 11) is 5.38. The summed E-state index contributed by atoms with van der Waals surface area (Å²) in [4.78, 5) is 5.82. The predicted octanol–water partition coefficient (Wildman–Crippen LogP) is 1.76. The van der Waals surface area contributed by atoms with Crippen molar-refractivity contribution in [2.75, 3.05) is 38.3 Å². The molecule has 1 aromatic rings. The highest BCUT2D eigenvalue weighted by Gasteiger charge is 2.13. The number of rotatable bonds is 5. The lowest BCUT2D eigenvalue weighted by Crippen LogP contribution is -2.30. The molecule has 6 heteroatoms. The number of anilines is 2. The van der Waals surface area contributed by atoms with Gasteiger partial charge in [-0.1, -0.05) is 0 Å². The average molecular weight is 244 g/mol. The first-order valence-corrected chi connectivity index (χ1v) is 5.39. The molecule has 0 saturated heterocycles. The summed E-state index contributed by atoms with van der Waals surface area (Å²) in [6.07, 6.45) is 0. The number of halogens is 2. The molecule has 1 unspecified atom stereocenters. The van der Waals surface area contributed by atoms with Gasteiger partial charge in [0.1, 0.15) is 0 Å². The number of aromatic nitrogens is 1. The summed E-state index contributed by atoms with van der Waals surface area (Å²) in [6, 6.07) is 0.839. The van der Waals surface area contributed by atoms with Gasteiger partial charge in [0, 0.05) is 25.7 Å². The summed E-state index contributed by atoms with van der Waals surface area (Å²) in [6.45, 7) is 2.64. The van der Waals surface area contributed by atoms with Crippen LogP contribution >= 0.6 is 0 Å². The van der Waals surface area contributed by atoms with Crippen LogP contribution in [0.5, 0.6) is 0 Å². The largest absolute Gasteiger partial charge is 0.371 e. The first-order valence-electron chi connectivity index (χ1n) is 5.39. The van der Waals surface area contributed by atoms with Crippen molar-refractivity contribution in [2.45, 2.75) is 13.0 Å². The zero-order chi connectivity index (χ0) is 13.0. The number of nitrogens with one attached hydrogen (secondary N) is 2. The smallest absolute Gasteiger partial charge is 0.168 e. The molecule has 2 N–H and O–H groups in total. The highest BCUT2D eigenvalue weighted by atomic mass is 19.1. The Labute approximate surface area is 100 Å². The van der Waals surface area contributed by atoms with Gasteiger partial charge in [-0.15, -0.1) is 0 Å². The zero-order valence-electron chi connectivity index (χ0n) is 10.5. The molecule has 0 aliphatic heterocycles. The van der Waals surface area contributed by atoms with E-state index in [-0.39, 0.29) is 17.7 Å². The van der Waals surface area contributed by atoms with Gasteiger partial charge in [-0.2, -0.15) is 0 Å². The normalized spacial score (nSPS) is 12.6. The van der Waals surface area contributed by atoms with E-state index in [0.717, 1.165) is 12.6 Å². The SMILES string of the molecule is CNc1nc(NC(C)CN(C)C)c(F)cc1F. The van der Waals surface area contributed by atoms with Crippen LogP contribution in [-0.4, -0.2) is 43.6 Å². The molecule has 0 fully saturated rings. The molecule has 96 valence electrons.